The van der Waals surface area contributed by atoms with Crippen LogP contribution in [0.4, 0.5) is 5.13 Å². The van der Waals surface area contributed by atoms with Gasteiger partial charge in [-0.2, -0.15) is 0 Å². The Morgan fingerprint density at radius 1 is 1.50 bits per heavy atom. The normalized spacial score (nSPS) is 17.5. The summed E-state index contributed by atoms with van der Waals surface area (Å²) in [5.41, 5.74) is 8.13. The van der Waals surface area contributed by atoms with Crippen molar-refractivity contribution in [3.05, 3.63) is 29.3 Å². The molecule has 2 heterocycles. The lowest BCUT2D eigenvalue weighted by atomic mass is 10.1. The number of hydrogen-bond donors (Lipinski definition) is 1. The summed E-state index contributed by atoms with van der Waals surface area (Å²) in [5, 5.41) is 8.31. The van der Waals surface area contributed by atoms with Crippen LogP contribution in [-0.2, 0) is 6.42 Å². The van der Waals surface area contributed by atoms with E-state index in [1.807, 2.05) is 0 Å². The molecule has 0 bridgehead atoms. The third kappa shape index (κ3) is 2.44. The smallest absolute Gasteiger partial charge is 0.203 e. The lowest BCUT2D eigenvalue weighted by Gasteiger charge is -2.08. The van der Waals surface area contributed by atoms with Crippen molar-refractivity contribution in [2.24, 2.45) is 0 Å². The number of anilines is 1. The van der Waals surface area contributed by atoms with Gasteiger partial charge in [-0.25, -0.2) is 0 Å². The molecule has 3 rings (SSSR count). The predicted molar refractivity (Wildman–Crippen MR) is 74.3 cm³/mol. The second-order valence-electron chi connectivity index (χ2n) is 4.27. The standard InChI is InChI=1S/C12H13N3OS2/c1-7-2-3-10-8(4-7)5-9(16-10)6-17-12-15-14-11(13)18-12/h2-4,9H,5-6H2,1H3,(H2,13,14). The van der Waals surface area contributed by atoms with Crippen LogP contribution >= 0.6 is 23.1 Å². The number of nitrogens with two attached hydrogens (primary N) is 1. The van der Waals surface area contributed by atoms with E-state index in [0.717, 1.165) is 22.3 Å². The van der Waals surface area contributed by atoms with Crippen LogP contribution in [0, 0.1) is 6.92 Å². The fourth-order valence-corrected chi connectivity index (χ4v) is 3.64. The second-order valence-corrected chi connectivity index (χ2v) is 6.55. The minimum atomic E-state index is 0.219. The molecule has 0 spiro atoms. The molecule has 1 aromatic heterocycles. The number of ether oxygens (including phenoxy) is 1. The van der Waals surface area contributed by atoms with Crippen LogP contribution in [-0.4, -0.2) is 22.1 Å². The van der Waals surface area contributed by atoms with Crippen LogP contribution in [0.15, 0.2) is 22.5 Å². The Bertz CT molecular complexity index is 570. The van der Waals surface area contributed by atoms with E-state index in [-0.39, 0.29) is 6.10 Å². The third-order valence-electron chi connectivity index (χ3n) is 2.77. The van der Waals surface area contributed by atoms with E-state index >= 15 is 0 Å². The van der Waals surface area contributed by atoms with Gasteiger partial charge in [0.05, 0.1) is 0 Å². The average molecular weight is 279 g/mol. The van der Waals surface area contributed by atoms with Gasteiger partial charge in [0.25, 0.3) is 0 Å². The molecule has 6 heteroatoms. The largest absolute Gasteiger partial charge is 0.489 e. The summed E-state index contributed by atoms with van der Waals surface area (Å²) in [5.74, 6) is 1.89. The van der Waals surface area contributed by atoms with Crippen LogP contribution in [0.5, 0.6) is 5.75 Å². The van der Waals surface area contributed by atoms with Crippen molar-refractivity contribution in [2.45, 2.75) is 23.8 Å². The Morgan fingerprint density at radius 3 is 3.17 bits per heavy atom. The highest BCUT2D eigenvalue weighted by atomic mass is 32.2. The summed E-state index contributed by atoms with van der Waals surface area (Å²) >= 11 is 3.07. The molecule has 0 aliphatic carbocycles. The topological polar surface area (TPSA) is 61.0 Å². The molecule has 0 saturated heterocycles. The Balaban J connectivity index is 1.61. The number of nitrogen functional groups attached to an aromatic ring is 1. The fraction of sp³-hybridized carbons (Fsp3) is 0.333. The Kier molecular flexibility index (Phi) is 3.13. The highest BCUT2D eigenvalue weighted by Crippen LogP contribution is 2.32. The lowest BCUT2D eigenvalue weighted by Crippen LogP contribution is -2.15. The Morgan fingerprint density at radius 2 is 2.39 bits per heavy atom. The SMILES string of the molecule is Cc1ccc2c(c1)CC(CSc1nnc(N)s1)O2. The van der Waals surface area contributed by atoms with Gasteiger partial charge in [0.2, 0.25) is 5.13 Å². The van der Waals surface area contributed by atoms with Gasteiger partial charge in [-0.05, 0) is 18.6 Å². The first kappa shape index (κ1) is 11.8. The van der Waals surface area contributed by atoms with E-state index in [4.69, 9.17) is 10.5 Å². The predicted octanol–water partition coefficient (Wildman–Crippen LogP) is 2.52. The van der Waals surface area contributed by atoms with Crippen LogP contribution in [0.25, 0.3) is 0 Å². The molecule has 2 N–H and O–H groups in total. The number of aryl methyl sites for hydroxylation is 1. The van der Waals surface area contributed by atoms with Gasteiger partial charge in [0.1, 0.15) is 11.9 Å². The van der Waals surface area contributed by atoms with Crippen molar-refractivity contribution >= 4 is 28.2 Å². The van der Waals surface area contributed by atoms with Gasteiger partial charge in [-0.15, -0.1) is 10.2 Å². The number of benzene rings is 1. The monoisotopic (exact) mass is 279 g/mol. The lowest BCUT2D eigenvalue weighted by molar-refractivity contribution is 0.259. The number of nitrogens with zero attached hydrogens (tertiary/aromatic N) is 2. The molecular formula is C12H13N3OS2. The molecule has 18 heavy (non-hydrogen) atoms. The zero-order valence-electron chi connectivity index (χ0n) is 9.92. The Hall–Kier alpha value is -1.27. The quantitative estimate of drug-likeness (QED) is 0.875. The summed E-state index contributed by atoms with van der Waals surface area (Å²) in [7, 11) is 0. The zero-order valence-corrected chi connectivity index (χ0v) is 11.6. The van der Waals surface area contributed by atoms with Gasteiger partial charge in [0.15, 0.2) is 4.34 Å². The van der Waals surface area contributed by atoms with Crippen LogP contribution in [0.3, 0.4) is 0 Å². The summed E-state index contributed by atoms with van der Waals surface area (Å²) in [4.78, 5) is 0. The highest BCUT2D eigenvalue weighted by Gasteiger charge is 2.23. The molecule has 0 saturated carbocycles. The maximum atomic E-state index is 5.89. The van der Waals surface area contributed by atoms with Gasteiger partial charge in [0, 0.05) is 12.2 Å². The minimum absolute atomic E-state index is 0.219. The minimum Gasteiger partial charge on any atom is -0.489 e. The number of hydrogen-bond acceptors (Lipinski definition) is 6. The molecule has 0 radical (unpaired) electrons. The van der Waals surface area contributed by atoms with Crippen molar-refractivity contribution in [2.75, 3.05) is 11.5 Å². The molecule has 0 fully saturated rings. The molecule has 1 atom stereocenters. The van der Waals surface area contributed by atoms with Crippen molar-refractivity contribution in [3.63, 3.8) is 0 Å². The van der Waals surface area contributed by atoms with E-state index < -0.39 is 0 Å². The first-order valence-electron chi connectivity index (χ1n) is 5.68. The van der Waals surface area contributed by atoms with Crippen LogP contribution in [0.1, 0.15) is 11.1 Å². The van der Waals surface area contributed by atoms with E-state index in [1.54, 1.807) is 11.8 Å². The molecule has 0 amide bonds. The van der Waals surface area contributed by atoms with Gasteiger partial charge in [-0.3, -0.25) is 0 Å². The first-order valence-corrected chi connectivity index (χ1v) is 7.49. The summed E-state index contributed by atoms with van der Waals surface area (Å²) in [6, 6.07) is 6.33. The molecule has 1 aromatic carbocycles. The first-order chi connectivity index (χ1) is 8.70. The van der Waals surface area contributed by atoms with E-state index in [1.165, 1.54) is 22.5 Å². The van der Waals surface area contributed by atoms with E-state index in [2.05, 4.69) is 35.3 Å². The van der Waals surface area contributed by atoms with Gasteiger partial charge >= 0.3 is 0 Å². The van der Waals surface area contributed by atoms with Crippen molar-refractivity contribution in [1.29, 1.82) is 0 Å². The number of fused-ring (bicyclic) bond motifs is 1. The summed E-state index contributed by atoms with van der Waals surface area (Å²) < 4.78 is 6.80. The van der Waals surface area contributed by atoms with Crippen molar-refractivity contribution in [1.82, 2.24) is 10.2 Å². The van der Waals surface area contributed by atoms with E-state index in [0.29, 0.717) is 5.13 Å². The molecule has 94 valence electrons. The molecule has 4 nitrogen and oxygen atoms in total. The van der Waals surface area contributed by atoms with Gasteiger partial charge < -0.3 is 10.5 Å². The van der Waals surface area contributed by atoms with Crippen molar-refractivity contribution in [3.8, 4) is 5.75 Å². The maximum absolute atomic E-state index is 5.89. The zero-order chi connectivity index (χ0) is 12.5. The summed E-state index contributed by atoms with van der Waals surface area (Å²) in [6.07, 6.45) is 1.19. The second kappa shape index (κ2) is 4.78. The number of rotatable bonds is 3. The number of thioether (sulfide) groups is 1. The third-order valence-corrected chi connectivity index (χ3v) is 4.79. The Labute approximate surface area is 114 Å². The molecule has 1 aliphatic rings. The number of aromatic nitrogens is 2. The maximum Gasteiger partial charge on any atom is 0.203 e. The van der Waals surface area contributed by atoms with Crippen LogP contribution in [0.2, 0.25) is 0 Å². The fourth-order valence-electron chi connectivity index (χ4n) is 1.99. The summed E-state index contributed by atoms with van der Waals surface area (Å²) in [6.45, 7) is 2.10. The molecular weight excluding hydrogens is 266 g/mol. The molecule has 1 aliphatic heterocycles. The average Bonchev–Trinajstić information content (AvgIpc) is 2.92. The van der Waals surface area contributed by atoms with Gasteiger partial charge in [-0.1, -0.05) is 40.8 Å². The molecule has 2 aromatic rings. The highest BCUT2D eigenvalue weighted by molar-refractivity contribution is 8.01. The van der Waals surface area contributed by atoms with Crippen molar-refractivity contribution < 1.29 is 4.74 Å². The van der Waals surface area contributed by atoms with E-state index in [9.17, 15) is 0 Å². The molecule has 1 unspecified atom stereocenters. The van der Waals surface area contributed by atoms with Crippen LogP contribution < -0.4 is 10.5 Å².